The molecule has 1 atom stereocenters. The van der Waals surface area contributed by atoms with E-state index in [1.165, 1.54) is 0 Å². The van der Waals surface area contributed by atoms with E-state index in [1.807, 2.05) is 18.2 Å². The van der Waals surface area contributed by atoms with Crippen LogP contribution in [-0.2, 0) is 0 Å². The molecule has 3 rings (SSSR count). The lowest BCUT2D eigenvalue weighted by Gasteiger charge is -2.23. The predicted octanol–water partition coefficient (Wildman–Crippen LogP) is 0.962. The average molecular weight is 271 g/mol. The summed E-state index contributed by atoms with van der Waals surface area (Å²) in [7, 11) is 1.79. The van der Waals surface area contributed by atoms with Crippen molar-refractivity contribution in [2.75, 3.05) is 20.1 Å². The summed E-state index contributed by atoms with van der Waals surface area (Å²) < 4.78 is 0. The van der Waals surface area contributed by atoms with E-state index in [0.29, 0.717) is 11.1 Å². The van der Waals surface area contributed by atoms with Crippen LogP contribution in [0.4, 0.5) is 0 Å². The molecule has 2 heterocycles. The Morgan fingerprint density at radius 2 is 2.15 bits per heavy atom. The first-order valence-corrected chi connectivity index (χ1v) is 6.77. The predicted molar refractivity (Wildman–Crippen MR) is 77.9 cm³/mol. The summed E-state index contributed by atoms with van der Waals surface area (Å²) in [6, 6.07) is 9.22. The number of hydrogen-bond acceptors (Lipinski definition) is 3. The highest BCUT2D eigenvalue weighted by atomic mass is 16.2. The number of nitrogens with zero attached hydrogens (tertiary/aromatic N) is 1. The van der Waals surface area contributed by atoms with E-state index in [0.717, 1.165) is 24.9 Å². The maximum absolute atomic E-state index is 12.5. The third-order valence-corrected chi connectivity index (χ3v) is 3.89. The first-order chi connectivity index (χ1) is 9.66. The number of benzene rings is 1. The Morgan fingerprint density at radius 3 is 2.90 bits per heavy atom. The molecule has 1 aliphatic rings. The molecule has 1 amide bonds. The highest BCUT2D eigenvalue weighted by Gasteiger charge is 2.24. The number of aromatic amines is 1. The largest absolute Gasteiger partial charge is 0.336 e. The second kappa shape index (κ2) is 5.09. The van der Waals surface area contributed by atoms with E-state index in [-0.39, 0.29) is 17.5 Å². The number of H-pyrrole nitrogens is 1. The molecule has 104 valence electrons. The number of rotatable bonds is 2. The van der Waals surface area contributed by atoms with Gasteiger partial charge in [-0.15, -0.1) is 0 Å². The summed E-state index contributed by atoms with van der Waals surface area (Å²) >= 11 is 0. The molecule has 1 aliphatic heterocycles. The van der Waals surface area contributed by atoms with Crippen molar-refractivity contribution in [3.05, 3.63) is 46.4 Å². The van der Waals surface area contributed by atoms with Crippen LogP contribution in [0.1, 0.15) is 16.9 Å². The molecular weight excluding hydrogens is 254 g/mol. The first-order valence-electron chi connectivity index (χ1n) is 6.77. The summed E-state index contributed by atoms with van der Waals surface area (Å²) in [6.07, 6.45) is 0.944. The monoisotopic (exact) mass is 271 g/mol. The van der Waals surface area contributed by atoms with Gasteiger partial charge in [-0.05, 0) is 30.5 Å². The van der Waals surface area contributed by atoms with Crippen molar-refractivity contribution < 1.29 is 4.79 Å². The van der Waals surface area contributed by atoms with Crippen LogP contribution >= 0.6 is 0 Å². The quantitative estimate of drug-likeness (QED) is 0.855. The highest BCUT2D eigenvalue weighted by Crippen LogP contribution is 2.13. The van der Waals surface area contributed by atoms with Crippen LogP contribution in [0.5, 0.6) is 0 Å². The highest BCUT2D eigenvalue weighted by molar-refractivity contribution is 5.96. The molecule has 0 bridgehead atoms. The van der Waals surface area contributed by atoms with Crippen LogP contribution < -0.4 is 10.9 Å². The van der Waals surface area contributed by atoms with Gasteiger partial charge in [0.1, 0.15) is 5.69 Å². The Balaban J connectivity index is 1.97. The number of likely N-dealkylation sites (N-methyl/N-ethyl adjacent to an activating group) is 1. The summed E-state index contributed by atoms with van der Waals surface area (Å²) in [5.74, 6) is -0.137. The molecular formula is C15H17N3O2. The third kappa shape index (κ3) is 2.20. The van der Waals surface area contributed by atoms with Gasteiger partial charge in [0, 0.05) is 25.0 Å². The van der Waals surface area contributed by atoms with Gasteiger partial charge in [-0.2, -0.15) is 0 Å². The molecule has 0 spiro atoms. The molecule has 5 nitrogen and oxygen atoms in total. The van der Waals surface area contributed by atoms with Gasteiger partial charge in [0.15, 0.2) is 0 Å². The van der Waals surface area contributed by atoms with Crippen LogP contribution in [0.25, 0.3) is 10.8 Å². The number of nitrogens with one attached hydrogen (secondary N) is 2. The molecule has 0 aliphatic carbocycles. The van der Waals surface area contributed by atoms with Gasteiger partial charge in [0.05, 0.1) is 0 Å². The van der Waals surface area contributed by atoms with Crippen molar-refractivity contribution in [3.63, 3.8) is 0 Å². The number of pyridine rings is 1. The van der Waals surface area contributed by atoms with Crippen LogP contribution in [0.2, 0.25) is 0 Å². The van der Waals surface area contributed by atoms with Crippen molar-refractivity contribution in [2.45, 2.75) is 12.5 Å². The Morgan fingerprint density at radius 1 is 1.35 bits per heavy atom. The van der Waals surface area contributed by atoms with Crippen LogP contribution in [-0.4, -0.2) is 42.0 Å². The summed E-state index contributed by atoms with van der Waals surface area (Å²) in [5.41, 5.74) is 0.132. The van der Waals surface area contributed by atoms with Gasteiger partial charge in [-0.1, -0.05) is 18.2 Å². The summed E-state index contributed by atoms with van der Waals surface area (Å²) in [5, 5.41) is 4.63. The number of carbonyl (C=O) groups excluding carboxylic acids is 1. The number of fused-ring (bicyclic) bond motifs is 1. The fourth-order valence-electron chi connectivity index (χ4n) is 2.65. The van der Waals surface area contributed by atoms with Gasteiger partial charge in [-0.25, -0.2) is 0 Å². The maximum atomic E-state index is 12.5. The molecule has 5 heteroatoms. The molecule has 1 aromatic carbocycles. The third-order valence-electron chi connectivity index (χ3n) is 3.89. The van der Waals surface area contributed by atoms with Crippen molar-refractivity contribution >= 4 is 16.7 Å². The van der Waals surface area contributed by atoms with Gasteiger partial charge < -0.3 is 15.2 Å². The molecule has 2 aromatic rings. The van der Waals surface area contributed by atoms with Crippen molar-refractivity contribution in [1.82, 2.24) is 15.2 Å². The topological polar surface area (TPSA) is 65.2 Å². The lowest BCUT2D eigenvalue weighted by Crippen LogP contribution is -2.39. The molecule has 0 saturated carbocycles. The van der Waals surface area contributed by atoms with E-state index < -0.39 is 0 Å². The fourth-order valence-corrected chi connectivity index (χ4v) is 2.65. The minimum absolute atomic E-state index is 0.137. The van der Waals surface area contributed by atoms with Crippen LogP contribution in [0, 0.1) is 0 Å². The standard InChI is InChI=1S/C15H17N3O2/c1-18(11-6-7-16-9-11)15(20)13-8-10-4-2-3-5-12(10)14(19)17-13/h2-5,8,11,16H,6-7,9H2,1H3,(H,17,19). The van der Waals surface area contributed by atoms with Gasteiger partial charge >= 0.3 is 0 Å². The molecule has 1 unspecified atom stereocenters. The minimum atomic E-state index is -0.218. The average Bonchev–Trinajstić information content (AvgIpc) is 3.00. The molecule has 1 aromatic heterocycles. The van der Waals surface area contributed by atoms with Crippen LogP contribution in [0.3, 0.4) is 0 Å². The van der Waals surface area contributed by atoms with Crippen molar-refractivity contribution in [1.29, 1.82) is 0 Å². The zero-order valence-electron chi connectivity index (χ0n) is 11.3. The SMILES string of the molecule is CN(C(=O)c1cc2ccccc2c(=O)[nH]1)C1CCNC1. The smallest absolute Gasteiger partial charge is 0.270 e. The number of amides is 1. The Bertz CT molecular complexity index is 702. The van der Waals surface area contributed by atoms with E-state index >= 15 is 0 Å². The number of aromatic nitrogens is 1. The fraction of sp³-hybridized carbons (Fsp3) is 0.333. The van der Waals surface area contributed by atoms with Gasteiger partial charge in [0.25, 0.3) is 11.5 Å². The Kier molecular flexibility index (Phi) is 3.28. The lowest BCUT2D eigenvalue weighted by atomic mass is 10.1. The molecule has 1 fully saturated rings. The minimum Gasteiger partial charge on any atom is -0.336 e. The van der Waals surface area contributed by atoms with Crippen molar-refractivity contribution in [3.8, 4) is 0 Å². The molecule has 2 N–H and O–H groups in total. The first kappa shape index (κ1) is 12.9. The lowest BCUT2D eigenvalue weighted by molar-refractivity contribution is 0.0738. The second-order valence-corrected chi connectivity index (χ2v) is 5.16. The summed E-state index contributed by atoms with van der Waals surface area (Å²) in [6.45, 7) is 1.73. The Labute approximate surface area is 116 Å². The van der Waals surface area contributed by atoms with Gasteiger partial charge in [0.2, 0.25) is 0 Å². The normalized spacial score (nSPS) is 18.4. The van der Waals surface area contributed by atoms with E-state index in [4.69, 9.17) is 0 Å². The zero-order valence-corrected chi connectivity index (χ0v) is 11.3. The number of hydrogen-bond donors (Lipinski definition) is 2. The van der Waals surface area contributed by atoms with E-state index in [1.54, 1.807) is 24.1 Å². The van der Waals surface area contributed by atoms with Crippen LogP contribution in [0.15, 0.2) is 35.1 Å². The van der Waals surface area contributed by atoms with Gasteiger partial charge in [-0.3, -0.25) is 9.59 Å². The van der Waals surface area contributed by atoms with E-state index in [2.05, 4.69) is 10.3 Å². The Hall–Kier alpha value is -2.14. The summed E-state index contributed by atoms with van der Waals surface area (Å²) in [4.78, 5) is 28.9. The number of carbonyl (C=O) groups is 1. The second-order valence-electron chi connectivity index (χ2n) is 5.16. The van der Waals surface area contributed by atoms with Crippen molar-refractivity contribution in [2.24, 2.45) is 0 Å². The van der Waals surface area contributed by atoms with E-state index in [9.17, 15) is 9.59 Å². The molecule has 1 saturated heterocycles. The molecule has 0 radical (unpaired) electrons. The maximum Gasteiger partial charge on any atom is 0.270 e. The molecule has 20 heavy (non-hydrogen) atoms. The zero-order chi connectivity index (χ0) is 14.1.